The molecule has 2 fully saturated rings. The predicted molar refractivity (Wildman–Crippen MR) is 77.5 cm³/mol. The van der Waals surface area contributed by atoms with Gasteiger partial charge in [0.05, 0.1) is 17.8 Å². The van der Waals surface area contributed by atoms with Crippen molar-refractivity contribution in [2.75, 3.05) is 38.1 Å². The number of anilines is 1. The Morgan fingerprint density at radius 3 is 2.67 bits per heavy atom. The van der Waals surface area contributed by atoms with Gasteiger partial charge in [0.15, 0.2) is 5.78 Å². The predicted octanol–water partition coefficient (Wildman–Crippen LogP) is -0.342. The normalized spacial score (nSPS) is 22.0. The standard InChI is InChI=1S/C14H17N5O2/c1-18-4-6-19(7-5-18)14-15-3-2-10(16-14)8-11-12(20)9-13(21)17-11/h2-3,8H,4-7,9H2,1H3,(H,17,21)/b11-8-. The zero-order chi connectivity index (χ0) is 14.8. The molecule has 21 heavy (non-hydrogen) atoms. The number of amides is 1. The smallest absolute Gasteiger partial charge is 0.232 e. The Balaban J connectivity index is 1.79. The summed E-state index contributed by atoms with van der Waals surface area (Å²) in [5.74, 6) is 0.202. The van der Waals surface area contributed by atoms with Crippen molar-refractivity contribution in [1.29, 1.82) is 0 Å². The fourth-order valence-corrected chi connectivity index (χ4v) is 2.37. The Morgan fingerprint density at radius 2 is 2.00 bits per heavy atom. The van der Waals surface area contributed by atoms with Crippen molar-refractivity contribution >= 4 is 23.7 Å². The highest BCUT2D eigenvalue weighted by molar-refractivity contribution is 6.16. The van der Waals surface area contributed by atoms with Gasteiger partial charge in [0.1, 0.15) is 0 Å². The molecular formula is C14H17N5O2. The molecule has 3 heterocycles. The Labute approximate surface area is 122 Å². The summed E-state index contributed by atoms with van der Waals surface area (Å²) in [6, 6.07) is 1.73. The molecule has 1 amide bonds. The van der Waals surface area contributed by atoms with E-state index in [0.717, 1.165) is 26.2 Å². The average molecular weight is 287 g/mol. The minimum Gasteiger partial charge on any atom is -0.338 e. The van der Waals surface area contributed by atoms with Crippen molar-refractivity contribution < 1.29 is 9.59 Å². The second kappa shape index (κ2) is 5.61. The SMILES string of the molecule is CN1CCN(c2nccc(/C=C3\NC(=O)CC3=O)n2)CC1. The van der Waals surface area contributed by atoms with Crippen LogP contribution >= 0.6 is 0 Å². The molecule has 2 saturated heterocycles. The highest BCUT2D eigenvalue weighted by Crippen LogP contribution is 2.14. The van der Waals surface area contributed by atoms with E-state index in [1.165, 1.54) is 0 Å². The fraction of sp³-hybridized carbons (Fsp3) is 0.429. The monoisotopic (exact) mass is 287 g/mol. The molecular weight excluding hydrogens is 270 g/mol. The van der Waals surface area contributed by atoms with Crippen LogP contribution in [0.3, 0.4) is 0 Å². The number of likely N-dealkylation sites (N-methyl/N-ethyl adjacent to an activating group) is 1. The first-order valence-electron chi connectivity index (χ1n) is 6.93. The van der Waals surface area contributed by atoms with E-state index in [4.69, 9.17) is 0 Å². The molecule has 0 bridgehead atoms. The molecule has 0 aromatic carbocycles. The summed E-state index contributed by atoms with van der Waals surface area (Å²) in [6.07, 6.45) is 3.20. The van der Waals surface area contributed by atoms with E-state index < -0.39 is 0 Å². The van der Waals surface area contributed by atoms with Crippen LogP contribution in [0.15, 0.2) is 18.0 Å². The number of rotatable bonds is 2. The maximum absolute atomic E-state index is 11.6. The topological polar surface area (TPSA) is 78.4 Å². The third-order valence-corrected chi connectivity index (χ3v) is 3.64. The lowest BCUT2D eigenvalue weighted by Crippen LogP contribution is -2.45. The van der Waals surface area contributed by atoms with Gasteiger partial charge in [0.25, 0.3) is 0 Å². The Bertz CT molecular complexity index is 605. The summed E-state index contributed by atoms with van der Waals surface area (Å²) in [5, 5.41) is 2.55. The Hall–Kier alpha value is -2.28. The van der Waals surface area contributed by atoms with Crippen LogP contribution in [0.25, 0.3) is 6.08 Å². The van der Waals surface area contributed by atoms with E-state index in [9.17, 15) is 9.59 Å². The summed E-state index contributed by atoms with van der Waals surface area (Å²) in [5.41, 5.74) is 0.938. The first kappa shape index (κ1) is 13.7. The number of carbonyl (C=O) groups excluding carboxylic acids is 2. The molecule has 2 aliphatic heterocycles. The van der Waals surface area contributed by atoms with Gasteiger partial charge in [-0.1, -0.05) is 0 Å². The van der Waals surface area contributed by atoms with E-state index >= 15 is 0 Å². The van der Waals surface area contributed by atoms with Crippen LogP contribution in [0.2, 0.25) is 0 Å². The van der Waals surface area contributed by atoms with Crippen molar-refractivity contribution in [3.05, 3.63) is 23.7 Å². The van der Waals surface area contributed by atoms with Crippen LogP contribution in [0.5, 0.6) is 0 Å². The molecule has 1 N–H and O–H groups in total. The van der Waals surface area contributed by atoms with Gasteiger partial charge in [-0.15, -0.1) is 0 Å². The summed E-state index contributed by atoms with van der Waals surface area (Å²) < 4.78 is 0. The zero-order valence-electron chi connectivity index (χ0n) is 11.9. The molecule has 0 unspecified atom stereocenters. The van der Waals surface area contributed by atoms with Crippen LogP contribution in [0.1, 0.15) is 12.1 Å². The van der Waals surface area contributed by atoms with Gasteiger partial charge in [-0.05, 0) is 19.2 Å². The van der Waals surface area contributed by atoms with Gasteiger partial charge in [-0.25, -0.2) is 9.97 Å². The summed E-state index contributed by atoms with van der Waals surface area (Å²) in [4.78, 5) is 35.9. The molecule has 0 radical (unpaired) electrons. The van der Waals surface area contributed by atoms with Crippen LogP contribution in [0, 0.1) is 0 Å². The van der Waals surface area contributed by atoms with E-state index in [1.54, 1.807) is 18.3 Å². The van der Waals surface area contributed by atoms with Gasteiger partial charge in [0, 0.05) is 32.4 Å². The second-order valence-corrected chi connectivity index (χ2v) is 5.28. The van der Waals surface area contributed by atoms with Gasteiger partial charge >= 0.3 is 0 Å². The first-order chi connectivity index (χ1) is 10.1. The molecule has 0 spiro atoms. The maximum atomic E-state index is 11.6. The Kier molecular flexibility index (Phi) is 3.66. The molecule has 0 atom stereocenters. The number of nitrogens with one attached hydrogen (secondary N) is 1. The van der Waals surface area contributed by atoms with Crippen molar-refractivity contribution in [3.8, 4) is 0 Å². The molecule has 3 rings (SSSR count). The summed E-state index contributed by atoms with van der Waals surface area (Å²) in [6.45, 7) is 3.71. The number of hydrogen-bond acceptors (Lipinski definition) is 6. The number of piperazine rings is 1. The molecule has 0 aliphatic carbocycles. The van der Waals surface area contributed by atoms with Crippen LogP contribution in [-0.2, 0) is 9.59 Å². The number of carbonyl (C=O) groups is 2. The number of hydrogen-bond donors (Lipinski definition) is 1. The molecule has 7 heteroatoms. The maximum Gasteiger partial charge on any atom is 0.232 e. The molecule has 110 valence electrons. The third-order valence-electron chi connectivity index (χ3n) is 3.64. The van der Waals surface area contributed by atoms with Crippen molar-refractivity contribution in [3.63, 3.8) is 0 Å². The second-order valence-electron chi connectivity index (χ2n) is 5.28. The number of allylic oxidation sites excluding steroid dienone is 1. The summed E-state index contributed by atoms with van der Waals surface area (Å²) >= 11 is 0. The van der Waals surface area contributed by atoms with E-state index in [2.05, 4.69) is 32.1 Å². The number of Topliss-reactive ketones (excluding diaryl/α,β-unsaturated/α-hetero) is 1. The van der Waals surface area contributed by atoms with Crippen LogP contribution in [-0.4, -0.2) is 59.8 Å². The van der Waals surface area contributed by atoms with Crippen molar-refractivity contribution in [2.24, 2.45) is 0 Å². The molecule has 7 nitrogen and oxygen atoms in total. The lowest BCUT2D eigenvalue weighted by molar-refractivity contribution is -0.121. The largest absolute Gasteiger partial charge is 0.338 e. The quantitative estimate of drug-likeness (QED) is 0.592. The van der Waals surface area contributed by atoms with Gasteiger partial charge in [-0.2, -0.15) is 0 Å². The van der Waals surface area contributed by atoms with E-state index in [1.807, 2.05) is 0 Å². The molecule has 1 aromatic rings. The molecule has 0 saturated carbocycles. The van der Waals surface area contributed by atoms with Gasteiger partial charge < -0.3 is 15.1 Å². The van der Waals surface area contributed by atoms with Gasteiger partial charge in [0.2, 0.25) is 11.9 Å². The van der Waals surface area contributed by atoms with E-state index in [0.29, 0.717) is 17.3 Å². The lowest BCUT2D eigenvalue weighted by atomic mass is 10.2. The van der Waals surface area contributed by atoms with E-state index in [-0.39, 0.29) is 18.1 Å². The zero-order valence-corrected chi connectivity index (χ0v) is 11.9. The molecule has 1 aromatic heterocycles. The molecule has 2 aliphatic rings. The van der Waals surface area contributed by atoms with Crippen molar-refractivity contribution in [1.82, 2.24) is 20.2 Å². The van der Waals surface area contributed by atoms with Crippen LogP contribution < -0.4 is 10.2 Å². The average Bonchev–Trinajstić information content (AvgIpc) is 2.78. The number of ketones is 1. The Morgan fingerprint density at radius 1 is 1.24 bits per heavy atom. The number of aromatic nitrogens is 2. The summed E-state index contributed by atoms with van der Waals surface area (Å²) in [7, 11) is 2.09. The lowest BCUT2D eigenvalue weighted by Gasteiger charge is -2.32. The third kappa shape index (κ3) is 3.08. The minimum absolute atomic E-state index is 0.0811. The van der Waals surface area contributed by atoms with Crippen molar-refractivity contribution in [2.45, 2.75) is 6.42 Å². The van der Waals surface area contributed by atoms with Crippen LogP contribution in [0.4, 0.5) is 5.95 Å². The highest BCUT2D eigenvalue weighted by Gasteiger charge is 2.24. The highest BCUT2D eigenvalue weighted by atomic mass is 16.2. The minimum atomic E-state index is -0.264. The fourth-order valence-electron chi connectivity index (χ4n) is 2.37. The first-order valence-corrected chi connectivity index (χ1v) is 6.93. The number of nitrogens with zero attached hydrogens (tertiary/aromatic N) is 4. The van der Waals surface area contributed by atoms with Gasteiger partial charge in [-0.3, -0.25) is 9.59 Å².